The minimum atomic E-state index is -2.79. The van der Waals surface area contributed by atoms with E-state index in [0.717, 1.165) is 22.3 Å². The zero-order valence-corrected chi connectivity index (χ0v) is 30.1. The minimum absolute atomic E-state index is 0.0498. The Morgan fingerprint density at radius 3 is 2.40 bits per heavy atom. The predicted molar refractivity (Wildman–Crippen MR) is 181 cm³/mol. The smallest absolute Gasteiger partial charge is 0.265 e. The number of aromatic nitrogens is 1. The number of ether oxygens (including phenoxy) is 2. The summed E-state index contributed by atoms with van der Waals surface area (Å²) >= 11 is 0. The molecule has 0 fully saturated rings. The van der Waals surface area contributed by atoms with E-state index in [4.69, 9.17) is 18.4 Å². The monoisotopic (exact) mass is 658 g/mol. The van der Waals surface area contributed by atoms with E-state index in [1.807, 2.05) is 69.2 Å². The molecule has 2 aromatic carbocycles. The molecule has 3 aliphatic rings. The summed E-state index contributed by atoms with van der Waals surface area (Å²) in [4.78, 5) is 31.9. The number of aryl methyl sites for hydroxylation is 1. The van der Waals surface area contributed by atoms with Crippen LogP contribution in [0.25, 0.3) is 0 Å². The summed E-state index contributed by atoms with van der Waals surface area (Å²) in [5.41, 5.74) is 2.58. The summed E-state index contributed by atoms with van der Waals surface area (Å²) in [6.07, 6.45) is 0.894. The van der Waals surface area contributed by atoms with E-state index in [-0.39, 0.29) is 46.1 Å². The van der Waals surface area contributed by atoms with Crippen molar-refractivity contribution in [2.45, 2.75) is 83.8 Å². The fraction of sp³-hybridized carbons (Fsp3) is 0.486. The Morgan fingerprint density at radius 1 is 1.11 bits per heavy atom. The van der Waals surface area contributed by atoms with Gasteiger partial charge in [0.05, 0.1) is 13.2 Å². The van der Waals surface area contributed by atoms with Gasteiger partial charge in [-0.3, -0.25) is 14.5 Å². The summed E-state index contributed by atoms with van der Waals surface area (Å²) in [7, 11) is 2.66. The molecule has 0 unspecified atom stereocenters. The number of nitrogens with zero attached hydrogens (tertiary/aromatic N) is 2. The Morgan fingerprint density at radius 2 is 1.79 bits per heavy atom. The zero-order valence-electron chi connectivity index (χ0n) is 29.1. The van der Waals surface area contributed by atoms with Gasteiger partial charge in [-0.2, -0.15) is 0 Å². The first-order chi connectivity index (χ1) is 22.0. The number of aliphatic hydroxyl groups is 1. The maximum Gasteiger partial charge on any atom is 0.265 e. The SMILES string of the molecule is COc1cc(C)c(C)c2c1C[C@H]1C[C@H]3[C@H](N(C)C)c4onc(OCc5ccccc5)c4C(=O)[C@@]3(O[Si](C)(C)C(C)(C)C)C(O)=C1C2=O. The number of methoxy groups -OCH3 is 1. The summed E-state index contributed by atoms with van der Waals surface area (Å²) in [5, 5.41) is 16.6. The first-order valence-electron chi connectivity index (χ1n) is 16.3. The second-order valence-corrected chi connectivity index (χ2v) is 19.8. The van der Waals surface area contributed by atoms with Gasteiger partial charge in [0.1, 0.15) is 23.7 Å². The molecule has 10 heteroatoms. The number of aliphatic hydroxyl groups excluding tert-OH is 1. The molecule has 0 saturated carbocycles. The molecule has 0 bridgehead atoms. The van der Waals surface area contributed by atoms with Crippen LogP contribution in [0.3, 0.4) is 0 Å². The Labute approximate surface area is 278 Å². The third-order valence-electron chi connectivity index (χ3n) is 11.0. The van der Waals surface area contributed by atoms with Gasteiger partial charge in [-0.05, 0) is 92.7 Å². The highest BCUT2D eigenvalue weighted by atomic mass is 28.4. The van der Waals surface area contributed by atoms with Crippen molar-refractivity contribution in [3.63, 3.8) is 0 Å². The lowest BCUT2D eigenvalue weighted by atomic mass is 9.58. The van der Waals surface area contributed by atoms with Crippen LogP contribution in [0, 0.1) is 25.7 Å². The van der Waals surface area contributed by atoms with Crippen molar-refractivity contribution >= 4 is 19.9 Å². The standard InChI is InChI=1S/C37H46N2O7Si/c1-20-16-26(43-8)24-17-23-18-25-30(39(6)7)32-29(35(38-45-32)44-19-22-14-12-11-13-15-22)34(42)37(25,46-47(9,10)36(3,4)5)33(41)28(23)31(40)27(24)21(20)2/h11-16,23,25,30,41H,17-19H2,1-10H3/t23-,25-,30-,37-/m0/s1. The van der Waals surface area contributed by atoms with Crippen LogP contribution in [0.2, 0.25) is 18.1 Å². The van der Waals surface area contributed by atoms with E-state index >= 15 is 4.79 Å². The number of hydrogen-bond acceptors (Lipinski definition) is 9. The van der Waals surface area contributed by atoms with Crippen molar-refractivity contribution < 1.29 is 33.1 Å². The molecule has 6 rings (SSSR count). The predicted octanol–water partition coefficient (Wildman–Crippen LogP) is 7.33. The van der Waals surface area contributed by atoms with Crippen LogP contribution in [0.1, 0.15) is 82.0 Å². The largest absolute Gasteiger partial charge is 0.508 e. The van der Waals surface area contributed by atoms with Crippen LogP contribution < -0.4 is 9.47 Å². The number of fused-ring (bicyclic) bond motifs is 4. The molecule has 0 saturated heterocycles. The van der Waals surface area contributed by atoms with Gasteiger partial charge in [0.25, 0.3) is 5.88 Å². The van der Waals surface area contributed by atoms with Crippen LogP contribution in [-0.4, -0.2) is 61.9 Å². The Balaban J connectivity index is 1.59. The van der Waals surface area contributed by atoms with Gasteiger partial charge in [-0.15, -0.1) is 0 Å². The number of rotatable bonds is 7. The molecule has 1 heterocycles. The Kier molecular flexibility index (Phi) is 8.09. The number of carbonyl (C=O) groups is 2. The summed E-state index contributed by atoms with van der Waals surface area (Å²) in [6.45, 7) is 14.4. The fourth-order valence-corrected chi connectivity index (χ4v) is 8.94. The van der Waals surface area contributed by atoms with Crippen LogP contribution in [-0.2, 0) is 17.5 Å². The molecule has 3 aromatic rings. The number of ketones is 2. The number of carbonyl (C=O) groups excluding carboxylic acids is 2. The van der Waals surface area contributed by atoms with Crippen molar-refractivity contribution in [3.05, 3.63) is 86.9 Å². The first kappa shape index (κ1) is 33.2. The lowest BCUT2D eigenvalue weighted by Gasteiger charge is -2.55. The Hall–Kier alpha value is -3.73. The minimum Gasteiger partial charge on any atom is -0.508 e. The van der Waals surface area contributed by atoms with Gasteiger partial charge in [0, 0.05) is 22.6 Å². The number of hydrogen-bond donors (Lipinski definition) is 1. The number of benzene rings is 2. The second kappa shape index (κ2) is 11.5. The lowest BCUT2D eigenvalue weighted by Crippen LogP contribution is -2.65. The lowest BCUT2D eigenvalue weighted by molar-refractivity contribution is -0.0480. The van der Waals surface area contributed by atoms with Crippen molar-refractivity contribution in [1.82, 2.24) is 10.1 Å². The van der Waals surface area contributed by atoms with Gasteiger partial charge < -0.3 is 23.5 Å². The number of allylic oxidation sites excluding steroid dienone is 1. The van der Waals surface area contributed by atoms with E-state index in [1.165, 1.54) is 0 Å². The van der Waals surface area contributed by atoms with Crippen molar-refractivity contribution in [3.8, 4) is 11.6 Å². The first-order valence-corrected chi connectivity index (χ1v) is 19.2. The quantitative estimate of drug-likeness (QED) is 0.261. The zero-order chi connectivity index (χ0) is 34.2. The van der Waals surface area contributed by atoms with Crippen molar-refractivity contribution in [2.75, 3.05) is 21.2 Å². The molecule has 4 atom stereocenters. The van der Waals surface area contributed by atoms with E-state index in [2.05, 4.69) is 39.0 Å². The van der Waals surface area contributed by atoms with E-state index in [1.54, 1.807) is 7.11 Å². The van der Waals surface area contributed by atoms with Crippen LogP contribution in [0.5, 0.6) is 11.6 Å². The molecular weight excluding hydrogens is 613 g/mol. The topological polar surface area (TPSA) is 111 Å². The maximum atomic E-state index is 15.3. The average molecular weight is 659 g/mol. The molecule has 0 radical (unpaired) electrons. The van der Waals surface area contributed by atoms with Crippen LogP contribution >= 0.6 is 0 Å². The summed E-state index contributed by atoms with van der Waals surface area (Å²) < 4.78 is 25.1. The van der Waals surface area contributed by atoms with Crippen molar-refractivity contribution in [1.29, 1.82) is 0 Å². The average Bonchev–Trinajstić information content (AvgIpc) is 3.42. The molecule has 250 valence electrons. The molecule has 47 heavy (non-hydrogen) atoms. The van der Waals surface area contributed by atoms with Gasteiger partial charge in [0.2, 0.25) is 5.78 Å². The third-order valence-corrected chi connectivity index (χ3v) is 15.5. The molecule has 1 N–H and O–H groups in total. The second-order valence-electron chi connectivity index (χ2n) is 15.0. The normalized spacial score (nSPS) is 24.1. The van der Waals surface area contributed by atoms with Gasteiger partial charge in [-0.1, -0.05) is 51.1 Å². The highest BCUT2D eigenvalue weighted by Crippen LogP contribution is 2.59. The molecule has 0 aliphatic heterocycles. The molecule has 1 aromatic heterocycles. The molecule has 3 aliphatic carbocycles. The maximum absolute atomic E-state index is 15.3. The molecular formula is C37H46N2O7Si. The molecule has 9 nitrogen and oxygen atoms in total. The van der Waals surface area contributed by atoms with Gasteiger partial charge in [0.15, 0.2) is 25.5 Å². The van der Waals surface area contributed by atoms with Gasteiger partial charge in [-0.25, -0.2) is 0 Å². The molecule has 0 spiro atoms. The third kappa shape index (κ3) is 4.98. The number of Topliss-reactive ketones (excluding diaryl/α,β-unsaturated/α-hetero) is 2. The van der Waals surface area contributed by atoms with Crippen molar-refractivity contribution in [2.24, 2.45) is 11.8 Å². The molecule has 0 amide bonds. The van der Waals surface area contributed by atoms with E-state index < -0.39 is 31.7 Å². The van der Waals surface area contributed by atoms with Crippen LogP contribution in [0.4, 0.5) is 0 Å². The van der Waals surface area contributed by atoms with E-state index in [9.17, 15) is 9.90 Å². The summed E-state index contributed by atoms with van der Waals surface area (Å²) in [6, 6.07) is 11.1. The summed E-state index contributed by atoms with van der Waals surface area (Å²) in [5.74, 6) is -0.911. The highest BCUT2D eigenvalue weighted by molar-refractivity contribution is 6.74. The van der Waals surface area contributed by atoms with Crippen LogP contribution in [0.15, 0.2) is 52.3 Å². The van der Waals surface area contributed by atoms with E-state index in [0.29, 0.717) is 29.9 Å². The highest BCUT2D eigenvalue weighted by Gasteiger charge is 2.67. The Bertz CT molecular complexity index is 1790. The van der Waals surface area contributed by atoms with Gasteiger partial charge >= 0.3 is 0 Å². The fourth-order valence-electron chi connectivity index (χ4n) is 7.49.